The number of ketones is 1. The van der Waals surface area contributed by atoms with Gasteiger partial charge in [0.15, 0.2) is 0 Å². The van der Waals surface area contributed by atoms with Crippen LogP contribution in [-0.2, 0) is 21.0 Å². The Balaban J connectivity index is 0.000000369. The van der Waals surface area contributed by atoms with Crippen LogP contribution >= 0.6 is 0 Å². The molecule has 1 aliphatic carbocycles. The quantitative estimate of drug-likeness (QED) is 0.0535. The van der Waals surface area contributed by atoms with Gasteiger partial charge in [-0.05, 0) is 56.2 Å². The highest BCUT2D eigenvalue weighted by Crippen LogP contribution is 2.28. The summed E-state index contributed by atoms with van der Waals surface area (Å²) in [4.78, 5) is 37.4. The predicted octanol–water partition coefficient (Wildman–Crippen LogP) is 7.93. The van der Waals surface area contributed by atoms with Crippen molar-refractivity contribution in [2.24, 2.45) is 5.92 Å². The first-order valence-corrected chi connectivity index (χ1v) is 13.6. The summed E-state index contributed by atoms with van der Waals surface area (Å²) in [5.41, 5.74) is 0.634. The number of unbranched alkanes of at least 4 members (excludes halogenated alkanes) is 5. The molecule has 0 unspecified atom stereocenters. The molecule has 7 heteroatoms. The lowest BCUT2D eigenvalue weighted by molar-refractivity contribution is -0.763. The van der Waals surface area contributed by atoms with E-state index in [0.717, 1.165) is 38.0 Å². The molecule has 0 aromatic heterocycles. The van der Waals surface area contributed by atoms with Crippen molar-refractivity contribution >= 4 is 11.8 Å². The molecule has 0 atom stereocenters. The highest BCUT2D eigenvalue weighted by Gasteiger charge is 2.15. The van der Waals surface area contributed by atoms with Gasteiger partial charge in [0.25, 0.3) is 5.09 Å². The number of nitrogens with zero attached hydrogens (tertiary/aromatic N) is 1. The van der Waals surface area contributed by atoms with E-state index in [-0.39, 0.29) is 12.6 Å². The highest BCUT2D eigenvalue weighted by atomic mass is 16.9. The Bertz CT molecular complexity index is 768. The summed E-state index contributed by atoms with van der Waals surface area (Å²) in [6.07, 6.45) is 20.6. The molecule has 0 bridgehead atoms. The first kappa shape index (κ1) is 31.3. The van der Waals surface area contributed by atoms with Crippen LogP contribution in [0.15, 0.2) is 36.4 Å². The summed E-state index contributed by atoms with van der Waals surface area (Å²) in [7, 11) is 0. The first-order valence-electron chi connectivity index (χ1n) is 13.6. The van der Waals surface area contributed by atoms with Gasteiger partial charge in [-0.3, -0.25) is 9.59 Å². The van der Waals surface area contributed by atoms with Crippen LogP contribution in [0.4, 0.5) is 0 Å². The monoisotopic (exact) mass is 503 g/mol. The van der Waals surface area contributed by atoms with Gasteiger partial charge in [-0.25, -0.2) is 0 Å². The van der Waals surface area contributed by atoms with Crippen LogP contribution in [0.2, 0.25) is 0 Å². The zero-order chi connectivity index (χ0) is 26.4. The minimum Gasteiger partial charge on any atom is -0.427 e. The maximum atomic E-state index is 11.6. The van der Waals surface area contributed by atoms with Crippen LogP contribution in [0.25, 0.3) is 0 Å². The molecule has 1 saturated carbocycles. The summed E-state index contributed by atoms with van der Waals surface area (Å²) in [5, 5.41) is 9.19. The SMILES string of the molecule is C/C=C\CCCC(=O)Oc1ccc(CO[N+](=O)[O-])cc1.CCCCCCCC(=O)CCC1CCCC1. The van der Waals surface area contributed by atoms with E-state index in [0.29, 0.717) is 23.5 Å². The first-order chi connectivity index (χ1) is 17.4. The number of hydrogen-bond acceptors (Lipinski definition) is 6. The third-order valence-electron chi connectivity index (χ3n) is 6.34. The molecule has 1 aliphatic rings. The van der Waals surface area contributed by atoms with Crippen molar-refractivity contribution < 1.29 is 24.3 Å². The summed E-state index contributed by atoms with van der Waals surface area (Å²) in [6.45, 7) is 4.04. The zero-order valence-corrected chi connectivity index (χ0v) is 22.3. The standard InChI is InChI=1S/C15H28O.C14H17NO5/c1-2-3-4-5-6-11-15(16)13-12-14-9-7-8-10-14;1-2-3-4-5-6-14(16)20-13-9-7-12(8-10-13)11-19-15(17)18/h14H,2-13H2,1H3;2-3,7-10H,4-6,11H2,1H3/b;3-2-. The van der Waals surface area contributed by atoms with Crippen molar-refractivity contribution in [2.75, 3.05) is 0 Å². The van der Waals surface area contributed by atoms with Gasteiger partial charge in [0.05, 0.1) is 0 Å². The summed E-state index contributed by atoms with van der Waals surface area (Å²) in [6, 6.07) is 6.41. The number of hydrogen-bond donors (Lipinski definition) is 0. The maximum absolute atomic E-state index is 11.6. The molecule has 0 amide bonds. The third-order valence-corrected chi connectivity index (χ3v) is 6.34. The van der Waals surface area contributed by atoms with Crippen LogP contribution < -0.4 is 4.74 Å². The normalized spacial score (nSPS) is 13.3. The highest BCUT2D eigenvalue weighted by molar-refractivity contribution is 5.78. The smallest absolute Gasteiger partial charge is 0.311 e. The topological polar surface area (TPSA) is 95.7 Å². The molecule has 1 aromatic rings. The Kier molecular flexibility index (Phi) is 17.8. The van der Waals surface area contributed by atoms with Crippen molar-refractivity contribution in [3.05, 3.63) is 52.1 Å². The lowest BCUT2D eigenvalue weighted by Crippen LogP contribution is -2.07. The van der Waals surface area contributed by atoms with Crippen LogP contribution in [0, 0.1) is 16.0 Å². The van der Waals surface area contributed by atoms with Gasteiger partial charge in [0.1, 0.15) is 18.1 Å². The van der Waals surface area contributed by atoms with E-state index < -0.39 is 5.09 Å². The number of esters is 1. The lowest BCUT2D eigenvalue weighted by Gasteiger charge is -2.07. The molecular formula is C29H45NO6. The number of ether oxygens (including phenoxy) is 1. The van der Waals surface area contributed by atoms with E-state index in [1.807, 2.05) is 19.1 Å². The van der Waals surface area contributed by atoms with Crippen molar-refractivity contribution in [3.8, 4) is 5.75 Å². The van der Waals surface area contributed by atoms with Crippen LogP contribution in [0.1, 0.15) is 116 Å². The molecule has 1 fully saturated rings. The second kappa shape index (κ2) is 20.5. The average Bonchev–Trinajstić information content (AvgIpc) is 3.39. The Morgan fingerprint density at radius 1 is 1.00 bits per heavy atom. The second-order valence-electron chi connectivity index (χ2n) is 9.47. The molecule has 0 radical (unpaired) electrons. The molecule has 0 saturated heterocycles. The fraction of sp³-hybridized carbons (Fsp3) is 0.655. The van der Waals surface area contributed by atoms with E-state index in [1.54, 1.807) is 24.3 Å². The largest absolute Gasteiger partial charge is 0.427 e. The van der Waals surface area contributed by atoms with E-state index in [1.165, 1.54) is 57.8 Å². The van der Waals surface area contributed by atoms with Crippen molar-refractivity contribution in [2.45, 2.75) is 117 Å². The average molecular weight is 504 g/mol. The molecule has 7 nitrogen and oxygen atoms in total. The molecule has 36 heavy (non-hydrogen) atoms. The van der Waals surface area contributed by atoms with Crippen LogP contribution in [0.3, 0.4) is 0 Å². The minimum absolute atomic E-state index is 0.120. The van der Waals surface area contributed by atoms with Gasteiger partial charge in [-0.2, -0.15) is 0 Å². The van der Waals surface area contributed by atoms with Gasteiger partial charge in [-0.1, -0.05) is 82.6 Å². The van der Waals surface area contributed by atoms with Gasteiger partial charge in [-0.15, -0.1) is 10.1 Å². The number of benzene rings is 1. The number of Topliss-reactive ketones (excluding diaryl/α,β-unsaturated/α-hetero) is 1. The third kappa shape index (κ3) is 16.8. The molecule has 2 rings (SSSR count). The zero-order valence-electron chi connectivity index (χ0n) is 22.3. The number of carbonyl (C=O) groups is 2. The van der Waals surface area contributed by atoms with E-state index in [2.05, 4.69) is 11.8 Å². The maximum Gasteiger partial charge on any atom is 0.311 e. The van der Waals surface area contributed by atoms with Gasteiger partial charge >= 0.3 is 5.97 Å². The Hall–Kier alpha value is -2.70. The number of allylic oxidation sites excluding steroid dienone is 2. The molecule has 202 valence electrons. The molecule has 0 spiro atoms. The second-order valence-corrected chi connectivity index (χ2v) is 9.47. The fourth-order valence-corrected chi connectivity index (χ4v) is 4.21. The van der Waals surface area contributed by atoms with Crippen LogP contribution in [0.5, 0.6) is 5.75 Å². The van der Waals surface area contributed by atoms with Crippen molar-refractivity contribution in [1.29, 1.82) is 0 Å². The Morgan fingerprint density at radius 3 is 2.33 bits per heavy atom. The van der Waals surface area contributed by atoms with E-state index >= 15 is 0 Å². The molecule has 1 aromatic carbocycles. The van der Waals surface area contributed by atoms with Gasteiger partial charge in [0.2, 0.25) is 0 Å². The molecule has 0 N–H and O–H groups in total. The van der Waals surface area contributed by atoms with E-state index in [9.17, 15) is 19.7 Å². The molecule has 0 heterocycles. The minimum atomic E-state index is -0.849. The number of rotatable bonds is 17. The molecular weight excluding hydrogens is 458 g/mol. The predicted molar refractivity (Wildman–Crippen MR) is 142 cm³/mol. The Labute approximate surface area is 216 Å². The van der Waals surface area contributed by atoms with Crippen LogP contribution in [-0.4, -0.2) is 16.8 Å². The summed E-state index contributed by atoms with van der Waals surface area (Å²) >= 11 is 0. The lowest BCUT2D eigenvalue weighted by atomic mass is 9.98. The number of carbonyl (C=O) groups excluding carboxylic acids is 2. The van der Waals surface area contributed by atoms with Crippen molar-refractivity contribution in [3.63, 3.8) is 0 Å². The fourth-order valence-electron chi connectivity index (χ4n) is 4.21. The van der Waals surface area contributed by atoms with Gasteiger partial charge in [0, 0.05) is 19.3 Å². The summed E-state index contributed by atoms with van der Waals surface area (Å²) in [5.74, 6) is 1.53. The Morgan fingerprint density at radius 2 is 1.69 bits per heavy atom. The van der Waals surface area contributed by atoms with Gasteiger partial charge < -0.3 is 9.57 Å². The van der Waals surface area contributed by atoms with E-state index in [4.69, 9.17) is 4.74 Å². The molecule has 0 aliphatic heterocycles. The summed E-state index contributed by atoms with van der Waals surface area (Å²) < 4.78 is 5.14. The van der Waals surface area contributed by atoms with Crippen molar-refractivity contribution in [1.82, 2.24) is 0 Å².